The minimum absolute atomic E-state index is 0. The molecule has 7 heteroatoms. The van der Waals surface area contributed by atoms with Gasteiger partial charge in [0.1, 0.15) is 11.6 Å². The lowest BCUT2D eigenvalue weighted by molar-refractivity contribution is -0.116. The van der Waals surface area contributed by atoms with Crippen LogP contribution in [0.25, 0.3) is 11.1 Å². The largest absolute Gasteiger partial charge is 0.311 e. The summed E-state index contributed by atoms with van der Waals surface area (Å²) < 4.78 is 16.8. The molecule has 0 fully saturated rings. The minimum Gasteiger partial charge on any atom is -0.311 e. The summed E-state index contributed by atoms with van der Waals surface area (Å²) in [7, 11) is 4.05. The highest BCUT2D eigenvalue weighted by atomic mass is 35.5. The van der Waals surface area contributed by atoms with Crippen molar-refractivity contribution in [2.75, 3.05) is 26.0 Å². The number of fused-ring (bicyclic) bond motifs is 1. The first kappa shape index (κ1) is 23.0. The van der Waals surface area contributed by atoms with Crippen LogP contribution < -0.4 is 5.32 Å². The van der Waals surface area contributed by atoms with E-state index in [1.807, 2.05) is 68.2 Å². The topological polar surface area (TPSA) is 50.2 Å². The zero-order valence-electron chi connectivity index (χ0n) is 18.1. The molecule has 2 aromatic carbocycles. The molecule has 0 bridgehead atoms. The van der Waals surface area contributed by atoms with Crippen molar-refractivity contribution in [1.82, 2.24) is 14.7 Å². The highest BCUT2D eigenvalue weighted by Crippen LogP contribution is 2.34. The van der Waals surface area contributed by atoms with Crippen LogP contribution in [0.3, 0.4) is 0 Å². The number of hydrogen-bond acceptors (Lipinski definition) is 3. The Hall–Kier alpha value is -2.70. The van der Waals surface area contributed by atoms with E-state index in [0.717, 1.165) is 41.2 Å². The zero-order valence-corrected chi connectivity index (χ0v) is 18.9. The summed E-state index contributed by atoms with van der Waals surface area (Å²) >= 11 is 0. The molecule has 1 unspecified atom stereocenters. The molecule has 0 aliphatic carbocycles. The molecule has 1 aliphatic rings. The van der Waals surface area contributed by atoms with E-state index in [1.165, 1.54) is 0 Å². The molecule has 5 nitrogen and oxygen atoms in total. The molecular weight excluding hydrogens is 415 g/mol. The van der Waals surface area contributed by atoms with Gasteiger partial charge in [-0.3, -0.25) is 4.79 Å². The van der Waals surface area contributed by atoms with Gasteiger partial charge in [-0.2, -0.15) is 5.10 Å². The molecule has 2 heterocycles. The number of rotatable bonds is 6. The third-order valence-corrected chi connectivity index (χ3v) is 5.69. The Bertz CT molecular complexity index is 1060. The third-order valence-electron chi connectivity index (χ3n) is 5.69. The number of hydrogen-bond donors (Lipinski definition) is 1. The van der Waals surface area contributed by atoms with Crippen molar-refractivity contribution in [3.05, 3.63) is 71.2 Å². The van der Waals surface area contributed by atoms with Crippen molar-refractivity contribution < 1.29 is 9.18 Å². The molecule has 31 heavy (non-hydrogen) atoms. The third kappa shape index (κ3) is 4.81. The van der Waals surface area contributed by atoms with Crippen LogP contribution in [0.15, 0.2) is 48.5 Å². The van der Waals surface area contributed by atoms with Gasteiger partial charge in [-0.25, -0.2) is 9.07 Å². The Balaban J connectivity index is 0.00000272. The van der Waals surface area contributed by atoms with Crippen LogP contribution in [-0.2, 0) is 17.8 Å². The molecule has 164 valence electrons. The second-order valence-corrected chi connectivity index (χ2v) is 8.11. The second-order valence-electron chi connectivity index (χ2n) is 8.11. The SMILES string of the molecule is CC(c1ccc(-c2ccccc2)c(F)c1)c1nn2c(c1CCN(C)C)NC(=O)CC2.Cl. The maximum Gasteiger partial charge on any atom is 0.227 e. The van der Waals surface area contributed by atoms with Crippen LogP contribution in [0.2, 0.25) is 0 Å². The molecule has 1 aromatic heterocycles. The Morgan fingerprint density at radius 3 is 2.61 bits per heavy atom. The predicted molar refractivity (Wildman–Crippen MR) is 124 cm³/mol. The van der Waals surface area contributed by atoms with E-state index in [4.69, 9.17) is 5.10 Å². The maximum absolute atomic E-state index is 15.0. The number of nitrogens with one attached hydrogen (secondary N) is 1. The lowest BCUT2D eigenvalue weighted by Gasteiger charge is -2.17. The first-order chi connectivity index (χ1) is 14.4. The van der Waals surface area contributed by atoms with Crippen molar-refractivity contribution in [1.29, 1.82) is 0 Å². The fourth-order valence-electron chi connectivity index (χ4n) is 3.96. The van der Waals surface area contributed by atoms with Gasteiger partial charge in [0, 0.05) is 30.0 Å². The van der Waals surface area contributed by atoms with Crippen LogP contribution >= 0.6 is 12.4 Å². The summed E-state index contributed by atoms with van der Waals surface area (Å²) in [6.07, 6.45) is 1.20. The number of aryl methyl sites for hydroxylation is 1. The number of likely N-dealkylation sites (N-methyl/N-ethyl adjacent to an activating group) is 1. The number of nitrogens with zero attached hydrogens (tertiary/aromatic N) is 3. The van der Waals surface area contributed by atoms with E-state index in [9.17, 15) is 9.18 Å². The van der Waals surface area contributed by atoms with Crippen molar-refractivity contribution >= 4 is 24.1 Å². The quantitative estimate of drug-likeness (QED) is 0.601. The van der Waals surface area contributed by atoms with Crippen LogP contribution in [0.4, 0.5) is 10.2 Å². The number of benzene rings is 2. The fraction of sp³-hybridized carbons (Fsp3) is 0.333. The number of carbonyl (C=O) groups is 1. The van der Waals surface area contributed by atoms with E-state index < -0.39 is 0 Å². The standard InChI is InChI=1S/C24H27FN4O.ClH/c1-16(18-9-10-19(21(25)15-18)17-7-5-4-6-8-17)23-20(11-13-28(2)3)24-26-22(30)12-14-29(24)27-23;/h4-10,15-16H,11-14H2,1-3H3,(H,26,30);1H. The van der Waals surface area contributed by atoms with Gasteiger partial charge in [0.05, 0.1) is 12.2 Å². The summed E-state index contributed by atoms with van der Waals surface area (Å²) in [5, 5.41) is 7.80. The molecule has 1 N–H and O–H groups in total. The van der Waals surface area contributed by atoms with Gasteiger partial charge < -0.3 is 10.2 Å². The summed E-state index contributed by atoms with van der Waals surface area (Å²) in [6.45, 7) is 3.46. The van der Waals surface area contributed by atoms with Crippen LogP contribution in [0.5, 0.6) is 0 Å². The summed E-state index contributed by atoms with van der Waals surface area (Å²) in [5.41, 5.74) is 4.27. The van der Waals surface area contributed by atoms with E-state index >= 15 is 0 Å². The van der Waals surface area contributed by atoms with Crippen LogP contribution in [-0.4, -0.2) is 41.2 Å². The van der Waals surface area contributed by atoms with Gasteiger partial charge in [-0.15, -0.1) is 12.4 Å². The highest BCUT2D eigenvalue weighted by molar-refractivity contribution is 5.92. The lowest BCUT2D eigenvalue weighted by Crippen LogP contribution is -2.24. The molecule has 0 saturated carbocycles. The van der Waals surface area contributed by atoms with Gasteiger partial charge in [-0.05, 0) is 37.7 Å². The van der Waals surface area contributed by atoms with E-state index in [0.29, 0.717) is 18.5 Å². The normalized spacial score (nSPS) is 14.0. The molecular formula is C24H28ClFN4O. The number of aromatic nitrogens is 2. The molecule has 1 atom stereocenters. The monoisotopic (exact) mass is 442 g/mol. The Kier molecular flexibility index (Phi) is 7.13. The average Bonchev–Trinajstić information content (AvgIpc) is 3.09. The Labute approximate surface area is 188 Å². The van der Waals surface area contributed by atoms with Gasteiger partial charge in [0.2, 0.25) is 5.91 Å². The highest BCUT2D eigenvalue weighted by Gasteiger charge is 2.27. The maximum atomic E-state index is 15.0. The number of anilines is 1. The van der Waals surface area contributed by atoms with E-state index in [-0.39, 0.29) is 30.0 Å². The fourth-order valence-corrected chi connectivity index (χ4v) is 3.96. The number of halogens is 2. The smallest absolute Gasteiger partial charge is 0.227 e. The van der Waals surface area contributed by atoms with Gasteiger partial charge >= 0.3 is 0 Å². The minimum atomic E-state index is -0.238. The van der Waals surface area contributed by atoms with Gasteiger partial charge in [0.25, 0.3) is 0 Å². The molecule has 0 radical (unpaired) electrons. The molecule has 4 rings (SSSR count). The summed E-state index contributed by atoms with van der Waals surface area (Å²) in [4.78, 5) is 14.1. The van der Waals surface area contributed by atoms with Crippen LogP contribution in [0.1, 0.15) is 36.1 Å². The molecule has 3 aromatic rings. The Morgan fingerprint density at radius 2 is 1.94 bits per heavy atom. The first-order valence-electron chi connectivity index (χ1n) is 10.3. The van der Waals surface area contributed by atoms with Gasteiger partial charge in [-0.1, -0.05) is 49.4 Å². The average molecular weight is 443 g/mol. The number of amides is 1. The molecule has 1 amide bonds. The van der Waals surface area contributed by atoms with E-state index in [1.54, 1.807) is 6.07 Å². The van der Waals surface area contributed by atoms with Crippen molar-refractivity contribution in [2.45, 2.75) is 32.2 Å². The van der Waals surface area contributed by atoms with E-state index in [2.05, 4.69) is 10.2 Å². The molecule has 1 aliphatic heterocycles. The number of carbonyl (C=O) groups excluding carboxylic acids is 1. The predicted octanol–water partition coefficient (Wildman–Crippen LogP) is 4.71. The Morgan fingerprint density at radius 1 is 1.19 bits per heavy atom. The second kappa shape index (κ2) is 9.62. The van der Waals surface area contributed by atoms with Crippen molar-refractivity contribution in [2.24, 2.45) is 0 Å². The van der Waals surface area contributed by atoms with Crippen molar-refractivity contribution in [3.8, 4) is 11.1 Å². The lowest BCUT2D eigenvalue weighted by atomic mass is 9.92. The first-order valence-corrected chi connectivity index (χ1v) is 10.3. The summed E-state index contributed by atoms with van der Waals surface area (Å²) in [6, 6.07) is 15.0. The van der Waals surface area contributed by atoms with Gasteiger partial charge in [0.15, 0.2) is 0 Å². The molecule has 0 saturated heterocycles. The van der Waals surface area contributed by atoms with Crippen LogP contribution in [0, 0.1) is 5.82 Å². The van der Waals surface area contributed by atoms with Crippen molar-refractivity contribution in [3.63, 3.8) is 0 Å². The summed E-state index contributed by atoms with van der Waals surface area (Å²) in [5.74, 6) is 0.483. The zero-order chi connectivity index (χ0) is 21.3. The molecule has 0 spiro atoms.